The Labute approximate surface area is 102 Å². The SMILES string of the molecule is CCC(C)C1CC(C)[C@H](C)C2CCCC[C@H]12. The molecule has 0 amide bonds. The van der Waals surface area contributed by atoms with E-state index in [1.165, 1.54) is 38.5 Å². The lowest BCUT2D eigenvalue weighted by Crippen LogP contribution is -2.42. The van der Waals surface area contributed by atoms with E-state index in [2.05, 4.69) is 27.7 Å². The van der Waals surface area contributed by atoms with E-state index in [1.54, 1.807) is 0 Å². The lowest BCUT2D eigenvalue weighted by molar-refractivity contribution is -0.00243. The molecule has 0 bridgehead atoms. The Morgan fingerprint density at radius 1 is 1.06 bits per heavy atom. The van der Waals surface area contributed by atoms with Crippen LogP contribution in [0.25, 0.3) is 0 Å². The molecule has 2 fully saturated rings. The highest BCUT2D eigenvalue weighted by Gasteiger charge is 2.42. The van der Waals surface area contributed by atoms with E-state index >= 15 is 0 Å². The molecule has 0 aromatic heterocycles. The van der Waals surface area contributed by atoms with Crippen LogP contribution >= 0.6 is 0 Å². The van der Waals surface area contributed by atoms with Crippen LogP contribution in [0.2, 0.25) is 0 Å². The maximum Gasteiger partial charge on any atom is -0.0352 e. The van der Waals surface area contributed by atoms with Crippen molar-refractivity contribution in [3.8, 4) is 0 Å². The Kier molecular flexibility index (Phi) is 3.97. The van der Waals surface area contributed by atoms with E-state index in [0.717, 1.165) is 35.5 Å². The van der Waals surface area contributed by atoms with Gasteiger partial charge < -0.3 is 0 Å². The van der Waals surface area contributed by atoms with Gasteiger partial charge in [0.1, 0.15) is 0 Å². The summed E-state index contributed by atoms with van der Waals surface area (Å²) in [4.78, 5) is 0. The third kappa shape index (κ3) is 2.17. The van der Waals surface area contributed by atoms with Crippen molar-refractivity contribution in [1.29, 1.82) is 0 Å². The lowest BCUT2D eigenvalue weighted by Gasteiger charge is -2.50. The molecule has 0 spiro atoms. The number of rotatable bonds is 2. The third-order valence-electron chi connectivity index (χ3n) is 6.02. The summed E-state index contributed by atoms with van der Waals surface area (Å²) in [5.74, 6) is 6.11. The Balaban J connectivity index is 2.13. The molecule has 2 saturated carbocycles. The number of hydrogen-bond acceptors (Lipinski definition) is 0. The topological polar surface area (TPSA) is 0 Å². The smallest absolute Gasteiger partial charge is 0.0352 e. The van der Waals surface area contributed by atoms with Gasteiger partial charge in [-0.15, -0.1) is 0 Å². The predicted octanol–water partition coefficient (Wildman–Crippen LogP) is 5.13. The van der Waals surface area contributed by atoms with Crippen molar-refractivity contribution in [2.75, 3.05) is 0 Å². The highest BCUT2D eigenvalue weighted by molar-refractivity contribution is 4.92. The maximum atomic E-state index is 2.53. The van der Waals surface area contributed by atoms with Crippen molar-refractivity contribution >= 4 is 0 Å². The van der Waals surface area contributed by atoms with Gasteiger partial charge in [0.25, 0.3) is 0 Å². The summed E-state index contributed by atoms with van der Waals surface area (Å²) in [5.41, 5.74) is 0. The molecule has 0 radical (unpaired) electrons. The lowest BCUT2D eigenvalue weighted by atomic mass is 9.56. The quantitative estimate of drug-likeness (QED) is 0.607. The normalized spacial score (nSPS) is 46.1. The first-order valence-corrected chi connectivity index (χ1v) is 7.65. The van der Waals surface area contributed by atoms with Gasteiger partial charge in [0.05, 0.1) is 0 Å². The minimum absolute atomic E-state index is 0.959. The fourth-order valence-corrected chi connectivity index (χ4v) is 4.57. The minimum atomic E-state index is 0.959. The third-order valence-corrected chi connectivity index (χ3v) is 6.02. The van der Waals surface area contributed by atoms with Crippen molar-refractivity contribution in [1.82, 2.24) is 0 Å². The molecular formula is C16H30. The second-order valence-electron chi connectivity index (χ2n) is 6.73. The second kappa shape index (κ2) is 5.10. The molecule has 2 rings (SSSR count). The van der Waals surface area contributed by atoms with Crippen molar-refractivity contribution in [3.63, 3.8) is 0 Å². The summed E-state index contributed by atoms with van der Waals surface area (Å²) in [5, 5.41) is 0. The van der Waals surface area contributed by atoms with Gasteiger partial charge >= 0.3 is 0 Å². The Bertz CT molecular complexity index is 220. The Hall–Kier alpha value is 0. The van der Waals surface area contributed by atoms with Crippen molar-refractivity contribution < 1.29 is 0 Å². The van der Waals surface area contributed by atoms with Crippen molar-refractivity contribution in [2.45, 2.75) is 66.2 Å². The molecular weight excluding hydrogens is 192 g/mol. The fourth-order valence-electron chi connectivity index (χ4n) is 4.57. The van der Waals surface area contributed by atoms with E-state index in [4.69, 9.17) is 0 Å². The molecule has 0 aromatic rings. The van der Waals surface area contributed by atoms with Crippen molar-refractivity contribution in [2.24, 2.45) is 35.5 Å². The standard InChI is InChI=1S/C16H30/c1-5-11(2)16-10-12(3)13(4)14-8-6-7-9-15(14)16/h11-16H,5-10H2,1-4H3/t11?,12?,13-,14?,15-,16?/m0/s1. The second-order valence-corrected chi connectivity index (χ2v) is 6.73. The van der Waals surface area contributed by atoms with Gasteiger partial charge in [-0.3, -0.25) is 0 Å². The minimum Gasteiger partial charge on any atom is -0.0651 e. The zero-order valence-electron chi connectivity index (χ0n) is 11.7. The summed E-state index contributed by atoms with van der Waals surface area (Å²) in [6.07, 6.45) is 8.98. The largest absolute Gasteiger partial charge is 0.0651 e. The molecule has 0 nitrogen and oxygen atoms in total. The molecule has 0 N–H and O–H groups in total. The maximum absolute atomic E-state index is 2.53. The summed E-state index contributed by atoms with van der Waals surface area (Å²) in [7, 11) is 0. The molecule has 6 atom stereocenters. The molecule has 16 heavy (non-hydrogen) atoms. The van der Waals surface area contributed by atoms with E-state index < -0.39 is 0 Å². The first-order chi connectivity index (χ1) is 7.65. The fraction of sp³-hybridized carbons (Fsp3) is 1.00. The van der Waals surface area contributed by atoms with Crippen LogP contribution in [-0.4, -0.2) is 0 Å². The van der Waals surface area contributed by atoms with Gasteiger partial charge in [-0.05, 0) is 54.8 Å². The van der Waals surface area contributed by atoms with Crippen LogP contribution in [0.5, 0.6) is 0 Å². The van der Waals surface area contributed by atoms with Crippen LogP contribution in [0.1, 0.15) is 66.2 Å². The van der Waals surface area contributed by atoms with Gasteiger partial charge in [0, 0.05) is 0 Å². The van der Waals surface area contributed by atoms with Crippen LogP contribution < -0.4 is 0 Å². The molecule has 0 aliphatic heterocycles. The van der Waals surface area contributed by atoms with E-state index in [9.17, 15) is 0 Å². The average Bonchev–Trinajstić information content (AvgIpc) is 2.33. The molecule has 0 saturated heterocycles. The van der Waals surface area contributed by atoms with Crippen LogP contribution in [-0.2, 0) is 0 Å². The predicted molar refractivity (Wildman–Crippen MR) is 71.3 cm³/mol. The summed E-state index contributed by atoms with van der Waals surface area (Å²) in [6, 6.07) is 0. The Morgan fingerprint density at radius 2 is 1.69 bits per heavy atom. The summed E-state index contributed by atoms with van der Waals surface area (Å²) >= 11 is 0. The van der Waals surface area contributed by atoms with E-state index in [0.29, 0.717) is 0 Å². The molecule has 94 valence electrons. The first kappa shape index (κ1) is 12.5. The van der Waals surface area contributed by atoms with Crippen molar-refractivity contribution in [3.05, 3.63) is 0 Å². The monoisotopic (exact) mass is 222 g/mol. The Morgan fingerprint density at radius 3 is 2.31 bits per heavy atom. The molecule has 2 aliphatic carbocycles. The van der Waals surface area contributed by atoms with Crippen LogP contribution in [0.4, 0.5) is 0 Å². The first-order valence-electron chi connectivity index (χ1n) is 7.65. The zero-order chi connectivity index (χ0) is 11.7. The molecule has 0 aromatic carbocycles. The van der Waals surface area contributed by atoms with E-state index in [-0.39, 0.29) is 0 Å². The number of hydrogen-bond donors (Lipinski definition) is 0. The summed E-state index contributed by atoms with van der Waals surface area (Å²) in [6.45, 7) is 9.91. The van der Waals surface area contributed by atoms with Gasteiger partial charge in [-0.25, -0.2) is 0 Å². The molecule has 0 heteroatoms. The molecule has 2 aliphatic rings. The van der Waals surface area contributed by atoms with E-state index in [1.807, 2.05) is 0 Å². The average molecular weight is 222 g/mol. The van der Waals surface area contributed by atoms with Crippen LogP contribution in [0.3, 0.4) is 0 Å². The van der Waals surface area contributed by atoms with Gasteiger partial charge in [-0.2, -0.15) is 0 Å². The molecule has 0 heterocycles. The number of fused-ring (bicyclic) bond motifs is 1. The zero-order valence-corrected chi connectivity index (χ0v) is 11.7. The molecule has 4 unspecified atom stereocenters. The summed E-state index contributed by atoms with van der Waals surface area (Å²) < 4.78 is 0. The van der Waals surface area contributed by atoms with Gasteiger partial charge in [-0.1, -0.05) is 47.0 Å². The highest BCUT2D eigenvalue weighted by Crippen LogP contribution is 2.51. The van der Waals surface area contributed by atoms with Gasteiger partial charge in [0.15, 0.2) is 0 Å². The van der Waals surface area contributed by atoms with Crippen LogP contribution in [0.15, 0.2) is 0 Å². The highest BCUT2D eigenvalue weighted by atomic mass is 14.5. The van der Waals surface area contributed by atoms with Crippen LogP contribution in [0, 0.1) is 35.5 Å². The van der Waals surface area contributed by atoms with Gasteiger partial charge in [0.2, 0.25) is 0 Å².